The summed E-state index contributed by atoms with van der Waals surface area (Å²) in [6, 6.07) is 1.19. The first-order valence-corrected chi connectivity index (χ1v) is 6.32. The van der Waals surface area contributed by atoms with Crippen LogP contribution in [0.3, 0.4) is 0 Å². The Morgan fingerprint density at radius 3 is 2.85 bits per heavy atom. The molecule has 0 fully saturated rings. The highest BCUT2D eigenvalue weighted by molar-refractivity contribution is 5.94. The van der Waals surface area contributed by atoms with Crippen LogP contribution in [0.2, 0.25) is 0 Å². The van der Waals surface area contributed by atoms with Crippen molar-refractivity contribution in [3.8, 4) is 0 Å². The van der Waals surface area contributed by atoms with Crippen LogP contribution in [0.15, 0.2) is 30.9 Å². The molecule has 2 rings (SSSR count). The first-order valence-electron chi connectivity index (χ1n) is 6.32. The van der Waals surface area contributed by atoms with Gasteiger partial charge in [-0.05, 0) is 12.0 Å². The van der Waals surface area contributed by atoms with E-state index in [9.17, 15) is 9.18 Å². The third kappa shape index (κ3) is 3.37. The average molecular weight is 277 g/mol. The van der Waals surface area contributed by atoms with E-state index >= 15 is 0 Å². The summed E-state index contributed by atoms with van der Waals surface area (Å²) in [7, 11) is 0. The summed E-state index contributed by atoms with van der Waals surface area (Å²) in [4.78, 5) is 15.7. The maximum Gasteiger partial charge on any atom is 0.254 e. The minimum absolute atomic E-state index is 0.00996. The molecule has 2 heterocycles. The van der Waals surface area contributed by atoms with E-state index in [1.54, 1.807) is 17.1 Å². The predicted octanol–water partition coefficient (Wildman–Crippen LogP) is 1.27. The summed E-state index contributed by atoms with van der Waals surface area (Å²) in [5, 5.41) is 10.4. The molecule has 0 saturated heterocycles. The summed E-state index contributed by atoms with van der Waals surface area (Å²) in [5.41, 5.74) is -0.00996. The Hall–Kier alpha value is -2.31. The van der Waals surface area contributed by atoms with Crippen molar-refractivity contribution in [2.45, 2.75) is 26.4 Å². The van der Waals surface area contributed by atoms with Crippen LogP contribution in [-0.2, 0) is 6.54 Å². The van der Waals surface area contributed by atoms with Crippen LogP contribution in [0.5, 0.6) is 0 Å². The second-order valence-electron chi connectivity index (χ2n) is 4.80. The third-order valence-corrected chi connectivity index (χ3v) is 2.99. The van der Waals surface area contributed by atoms with Gasteiger partial charge in [-0.15, -0.1) is 5.10 Å². The number of carbonyl (C=O) groups excluding carboxylic acids is 1. The summed E-state index contributed by atoms with van der Waals surface area (Å²) in [6.07, 6.45) is 5.70. The molecule has 106 valence electrons. The molecule has 0 aromatic carbocycles. The van der Waals surface area contributed by atoms with Crippen LogP contribution in [-0.4, -0.2) is 31.9 Å². The van der Waals surface area contributed by atoms with E-state index in [0.717, 1.165) is 6.20 Å². The monoisotopic (exact) mass is 277 g/mol. The summed E-state index contributed by atoms with van der Waals surface area (Å²) in [6.45, 7) is 4.44. The molecular formula is C13H16FN5O. The van der Waals surface area contributed by atoms with Crippen LogP contribution >= 0.6 is 0 Å². The largest absolute Gasteiger partial charge is 0.347 e. The van der Waals surface area contributed by atoms with E-state index in [-0.39, 0.29) is 17.5 Å². The molecule has 1 unspecified atom stereocenters. The van der Waals surface area contributed by atoms with Crippen molar-refractivity contribution in [2.24, 2.45) is 5.92 Å². The molecule has 1 amide bonds. The highest BCUT2D eigenvalue weighted by atomic mass is 19.1. The van der Waals surface area contributed by atoms with Gasteiger partial charge in [0.1, 0.15) is 0 Å². The molecule has 1 atom stereocenters. The Labute approximate surface area is 116 Å². The summed E-state index contributed by atoms with van der Waals surface area (Å²) >= 11 is 0. The zero-order valence-corrected chi connectivity index (χ0v) is 11.3. The number of amides is 1. The molecule has 7 heteroatoms. The van der Waals surface area contributed by atoms with Gasteiger partial charge in [0.25, 0.3) is 5.91 Å². The minimum Gasteiger partial charge on any atom is -0.347 e. The van der Waals surface area contributed by atoms with Gasteiger partial charge in [0.15, 0.2) is 5.82 Å². The molecule has 6 nitrogen and oxygen atoms in total. The molecule has 0 saturated carbocycles. The lowest BCUT2D eigenvalue weighted by molar-refractivity contribution is 0.0915. The molecule has 0 bridgehead atoms. The van der Waals surface area contributed by atoms with Crippen LogP contribution in [0.25, 0.3) is 0 Å². The Kier molecular flexibility index (Phi) is 4.39. The lowest BCUT2D eigenvalue weighted by Crippen LogP contribution is -2.42. The first kappa shape index (κ1) is 14.1. The Balaban J connectivity index is 2.08. The number of rotatable bonds is 5. The van der Waals surface area contributed by atoms with Gasteiger partial charge in [-0.2, -0.15) is 0 Å². The number of nitrogens with one attached hydrogen (secondary N) is 1. The van der Waals surface area contributed by atoms with Gasteiger partial charge in [-0.25, -0.2) is 4.39 Å². The van der Waals surface area contributed by atoms with Crippen LogP contribution < -0.4 is 5.32 Å². The minimum atomic E-state index is -0.631. The predicted molar refractivity (Wildman–Crippen MR) is 70.3 cm³/mol. The molecular weight excluding hydrogens is 261 g/mol. The highest BCUT2D eigenvalue weighted by Gasteiger charge is 2.20. The quantitative estimate of drug-likeness (QED) is 0.893. The van der Waals surface area contributed by atoms with Crippen LogP contribution in [0.1, 0.15) is 24.2 Å². The normalized spacial score (nSPS) is 12.4. The van der Waals surface area contributed by atoms with Crippen molar-refractivity contribution in [3.63, 3.8) is 0 Å². The molecule has 2 aromatic heterocycles. The lowest BCUT2D eigenvalue weighted by atomic mass is 10.0. The van der Waals surface area contributed by atoms with E-state index in [0.29, 0.717) is 6.54 Å². The number of carbonyl (C=O) groups is 1. The van der Waals surface area contributed by atoms with Crippen molar-refractivity contribution in [1.29, 1.82) is 0 Å². The number of hydrogen-bond acceptors (Lipinski definition) is 4. The second-order valence-corrected chi connectivity index (χ2v) is 4.80. The topological polar surface area (TPSA) is 72.7 Å². The third-order valence-electron chi connectivity index (χ3n) is 2.99. The van der Waals surface area contributed by atoms with Gasteiger partial charge in [0.05, 0.1) is 30.5 Å². The van der Waals surface area contributed by atoms with Crippen LogP contribution in [0, 0.1) is 11.7 Å². The highest BCUT2D eigenvalue weighted by Crippen LogP contribution is 2.08. The van der Waals surface area contributed by atoms with E-state index in [1.807, 2.05) is 13.8 Å². The van der Waals surface area contributed by atoms with Gasteiger partial charge >= 0.3 is 0 Å². The molecule has 20 heavy (non-hydrogen) atoms. The van der Waals surface area contributed by atoms with E-state index < -0.39 is 11.7 Å². The number of nitrogens with zero attached hydrogens (tertiary/aromatic N) is 4. The van der Waals surface area contributed by atoms with Gasteiger partial charge in [-0.3, -0.25) is 14.5 Å². The fourth-order valence-corrected chi connectivity index (χ4v) is 1.76. The number of aromatic nitrogens is 4. The van der Waals surface area contributed by atoms with E-state index in [4.69, 9.17) is 0 Å². The standard InChI is InChI=1S/C13H16FN5O/c1-9(2)12(8-19-6-5-16-18-19)17-13(20)10-3-4-15-7-11(10)14/h3-7,9,12H,8H2,1-2H3,(H,17,20). The van der Waals surface area contributed by atoms with Crippen LogP contribution in [0.4, 0.5) is 4.39 Å². The lowest BCUT2D eigenvalue weighted by Gasteiger charge is -2.22. The Bertz CT molecular complexity index is 570. The number of pyridine rings is 1. The van der Waals surface area contributed by atoms with Crippen molar-refractivity contribution in [3.05, 3.63) is 42.2 Å². The molecule has 0 radical (unpaired) electrons. The van der Waals surface area contributed by atoms with Gasteiger partial charge < -0.3 is 5.32 Å². The molecule has 2 aromatic rings. The summed E-state index contributed by atoms with van der Waals surface area (Å²) < 4.78 is 15.2. The smallest absolute Gasteiger partial charge is 0.254 e. The zero-order valence-electron chi connectivity index (χ0n) is 11.3. The number of hydrogen-bond donors (Lipinski definition) is 1. The first-order chi connectivity index (χ1) is 9.58. The Morgan fingerprint density at radius 2 is 2.25 bits per heavy atom. The molecule has 1 N–H and O–H groups in total. The van der Waals surface area contributed by atoms with Crippen molar-refractivity contribution in [1.82, 2.24) is 25.3 Å². The average Bonchev–Trinajstić information content (AvgIpc) is 2.91. The number of halogens is 1. The molecule has 0 aliphatic heterocycles. The molecule has 0 aliphatic carbocycles. The summed E-state index contributed by atoms with van der Waals surface area (Å²) in [5.74, 6) is -0.912. The second kappa shape index (κ2) is 6.23. The maximum absolute atomic E-state index is 13.5. The van der Waals surface area contributed by atoms with Crippen molar-refractivity contribution in [2.75, 3.05) is 0 Å². The van der Waals surface area contributed by atoms with Crippen molar-refractivity contribution >= 4 is 5.91 Å². The molecule has 0 aliphatic rings. The fraction of sp³-hybridized carbons (Fsp3) is 0.385. The van der Waals surface area contributed by atoms with Crippen molar-refractivity contribution < 1.29 is 9.18 Å². The zero-order chi connectivity index (χ0) is 14.5. The van der Waals surface area contributed by atoms with Gasteiger partial charge in [0, 0.05) is 12.4 Å². The molecule has 0 spiro atoms. The maximum atomic E-state index is 13.5. The van der Waals surface area contributed by atoms with E-state index in [2.05, 4.69) is 20.6 Å². The Morgan fingerprint density at radius 1 is 1.45 bits per heavy atom. The van der Waals surface area contributed by atoms with E-state index in [1.165, 1.54) is 12.3 Å². The SMILES string of the molecule is CC(C)C(Cn1ccnn1)NC(=O)c1ccncc1F. The van der Waals surface area contributed by atoms with Gasteiger partial charge in [0.2, 0.25) is 0 Å². The fourth-order valence-electron chi connectivity index (χ4n) is 1.76. The van der Waals surface area contributed by atoms with Gasteiger partial charge in [-0.1, -0.05) is 19.1 Å².